The Kier molecular flexibility index (Phi) is 7.54. The average molecular weight is 569 g/mol. The third kappa shape index (κ3) is 4.92. The molecule has 0 spiro atoms. The molecular formula is C24H22ClFN2O7S2. The van der Waals surface area contributed by atoms with Gasteiger partial charge < -0.3 is 15.0 Å². The summed E-state index contributed by atoms with van der Waals surface area (Å²) in [5, 5.41) is 2.62. The summed E-state index contributed by atoms with van der Waals surface area (Å²) >= 11 is 6.68. The number of ether oxygens (including phenoxy) is 1. The fraction of sp³-hybridized carbons (Fsp3) is 0.333. The zero-order valence-corrected chi connectivity index (χ0v) is 22.0. The maximum Gasteiger partial charge on any atom is 0.228 e. The summed E-state index contributed by atoms with van der Waals surface area (Å²) in [6, 6.07) is 6.54. The lowest BCUT2D eigenvalue weighted by Crippen LogP contribution is -2.66. The largest absolute Gasteiger partial charge is 0.496 e. The number of Topliss-reactive ketones (excluding diaryl/α,β-unsaturated/α-hetero) is 2. The number of amides is 2. The molecule has 37 heavy (non-hydrogen) atoms. The molecule has 3 aliphatic rings. The summed E-state index contributed by atoms with van der Waals surface area (Å²) in [6.07, 6.45) is 2.24. The minimum Gasteiger partial charge on any atom is -0.496 e. The van der Waals surface area contributed by atoms with E-state index in [1.165, 1.54) is 43.5 Å². The fourth-order valence-electron chi connectivity index (χ4n) is 4.31. The molecule has 196 valence electrons. The zero-order chi connectivity index (χ0) is 27.0. The van der Waals surface area contributed by atoms with Crippen LogP contribution in [0.4, 0.5) is 4.39 Å². The van der Waals surface area contributed by atoms with Crippen molar-refractivity contribution in [2.75, 3.05) is 20.2 Å². The first-order valence-corrected chi connectivity index (χ1v) is 13.8. The number of methoxy groups -OCH3 is 1. The molecule has 5 rings (SSSR count). The summed E-state index contributed by atoms with van der Waals surface area (Å²) in [5.74, 6) is -1.15. The van der Waals surface area contributed by atoms with Crippen LogP contribution in [0.3, 0.4) is 0 Å². The number of rotatable bonds is 4. The van der Waals surface area contributed by atoms with E-state index in [9.17, 15) is 32.0 Å². The van der Waals surface area contributed by atoms with Crippen LogP contribution in [0.2, 0.25) is 4.34 Å². The van der Waals surface area contributed by atoms with Gasteiger partial charge in [-0.2, -0.15) is 0 Å². The third-order valence-corrected chi connectivity index (χ3v) is 10.3. The summed E-state index contributed by atoms with van der Waals surface area (Å²) in [7, 11) is -2.77. The molecule has 3 fully saturated rings. The lowest BCUT2D eigenvalue weighted by atomic mass is 9.99. The van der Waals surface area contributed by atoms with Gasteiger partial charge in [0.05, 0.1) is 24.4 Å². The Bertz CT molecular complexity index is 1420. The van der Waals surface area contributed by atoms with Crippen molar-refractivity contribution in [2.24, 2.45) is 0 Å². The normalized spacial score (nSPS) is 22.6. The first-order chi connectivity index (χ1) is 17.5. The van der Waals surface area contributed by atoms with Gasteiger partial charge in [0.15, 0.2) is 0 Å². The van der Waals surface area contributed by atoms with Crippen molar-refractivity contribution in [3.63, 3.8) is 0 Å². The molecule has 0 saturated carbocycles. The summed E-state index contributed by atoms with van der Waals surface area (Å²) in [5.41, 5.74) is 0.383. The van der Waals surface area contributed by atoms with Crippen LogP contribution in [-0.2, 0) is 29.0 Å². The van der Waals surface area contributed by atoms with Gasteiger partial charge >= 0.3 is 0 Å². The number of fused-ring (bicyclic) bond motifs is 1. The summed E-state index contributed by atoms with van der Waals surface area (Å²) < 4.78 is 45.4. The van der Waals surface area contributed by atoms with E-state index in [2.05, 4.69) is 5.32 Å². The van der Waals surface area contributed by atoms with E-state index in [0.717, 1.165) is 16.2 Å². The zero-order valence-electron chi connectivity index (χ0n) is 19.6. The lowest BCUT2D eigenvalue weighted by molar-refractivity contribution is -0.150. The van der Waals surface area contributed by atoms with E-state index in [0.29, 0.717) is 31.6 Å². The van der Waals surface area contributed by atoms with E-state index in [4.69, 9.17) is 16.3 Å². The minimum atomic E-state index is -4.17. The molecule has 1 aromatic heterocycles. The number of sulfone groups is 1. The number of nitrogens with zero attached hydrogens (tertiary/aromatic N) is 1. The highest BCUT2D eigenvalue weighted by molar-refractivity contribution is 7.95. The van der Waals surface area contributed by atoms with Crippen LogP contribution >= 0.6 is 22.9 Å². The molecule has 1 N–H and O–H groups in total. The SMILES string of the molecule is COc1ccc(F)cc1C=C1CN2C(=O)CC2(S(=O)(=O)c2ccc(Cl)s2)C1=O.O=C1CCNC(=O)CC1. The second kappa shape index (κ2) is 10.3. The maximum atomic E-state index is 13.6. The molecule has 1 unspecified atom stereocenters. The average Bonchev–Trinajstić information content (AvgIpc) is 3.31. The molecule has 3 aliphatic heterocycles. The first-order valence-electron chi connectivity index (χ1n) is 11.2. The van der Waals surface area contributed by atoms with Gasteiger partial charge in [-0.3, -0.25) is 19.2 Å². The molecule has 0 aliphatic carbocycles. The standard InChI is InChI=1S/C18H13ClFNO5S2.C6H9NO2/c1-26-13-3-2-12(20)7-10(13)6-11-9-21-15(22)8-18(21,17(11)23)28(24,25)16-5-4-14(19)27-16;8-5-1-2-6(9)7-4-3-5/h2-7H,8-9H2,1H3;1-4H2,(H,7,9). The number of benzene rings is 1. The van der Waals surface area contributed by atoms with Crippen LogP contribution < -0.4 is 10.1 Å². The monoisotopic (exact) mass is 568 g/mol. The van der Waals surface area contributed by atoms with E-state index in [1.807, 2.05) is 0 Å². The highest BCUT2D eigenvalue weighted by Crippen LogP contribution is 2.49. The Morgan fingerprint density at radius 3 is 2.54 bits per heavy atom. The number of hydrogen-bond acceptors (Lipinski definition) is 8. The number of nitrogens with one attached hydrogen (secondary N) is 1. The fourth-order valence-corrected chi connectivity index (χ4v) is 8.07. The highest BCUT2D eigenvalue weighted by Gasteiger charge is 2.70. The Morgan fingerprint density at radius 2 is 1.89 bits per heavy atom. The van der Waals surface area contributed by atoms with Crippen LogP contribution in [0.25, 0.3) is 6.08 Å². The Hall–Kier alpha value is -3.09. The molecule has 0 bridgehead atoms. The summed E-state index contributed by atoms with van der Waals surface area (Å²) in [6.45, 7) is 0.355. The predicted molar refractivity (Wildman–Crippen MR) is 133 cm³/mol. The molecular weight excluding hydrogens is 547 g/mol. The van der Waals surface area contributed by atoms with E-state index >= 15 is 0 Å². The Labute approximate surface area is 221 Å². The number of thiophene rings is 1. The Balaban J connectivity index is 0.000000301. The van der Waals surface area contributed by atoms with Crippen molar-refractivity contribution < 1.29 is 36.7 Å². The van der Waals surface area contributed by atoms with Crippen molar-refractivity contribution in [1.29, 1.82) is 0 Å². The van der Waals surface area contributed by atoms with Crippen LogP contribution in [0, 0.1) is 5.82 Å². The predicted octanol–water partition coefficient (Wildman–Crippen LogP) is 2.77. The molecule has 3 saturated heterocycles. The molecule has 1 aromatic carbocycles. The van der Waals surface area contributed by atoms with Gasteiger partial charge in [0.1, 0.15) is 21.6 Å². The second-order valence-corrected chi connectivity index (χ2v) is 12.6. The molecule has 13 heteroatoms. The number of hydrogen-bond donors (Lipinski definition) is 1. The van der Waals surface area contributed by atoms with Crippen molar-refractivity contribution >= 4 is 62.2 Å². The van der Waals surface area contributed by atoms with Gasteiger partial charge in [-0.15, -0.1) is 11.3 Å². The Morgan fingerprint density at radius 1 is 1.14 bits per heavy atom. The molecule has 1 atom stereocenters. The topological polar surface area (TPSA) is 127 Å². The molecule has 9 nitrogen and oxygen atoms in total. The highest BCUT2D eigenvalue weighted by atomic mass is 35.5. The van der Waals surface area contributed by atoms with Crippen LogP contribution in [-0.4, -0.2) is 61.8 Å². The lowest BCUT2D eigenvalue weighted by Gasteiger charge is -2.43. The van der Waals surface area contributed by atoms with E-state index < -0.39 is 38.6 Å². The van der Waals surface area contributed by atoms with Gasteiger partial charge in [0.25, 0.3) is 0 Å². The van der Waals surface area contributed by atoms with E-state index in [-0.39, 0.29) is 37.9 Å². The molecule has 4 heterocycles. The first kappa shape index (κ1) is 27.0. The van der Waals surface area contributed by atoms with Gasteiger partial charge in [0, 0.05) is 36.9 Å². The minimum absolute atomic E-state index is 0.000787. The molecule has 2 aromatic rings. The number of carbonyl (C=O) groups excluding carboxylic acids is 4. The van der Waals surface area contributed by atoms with Crippen molar-refractivity contribution in [3.8, 4) is 5.75 Å². The number of carbonyl (C=O) groups is 4. The smallest absolute Gasteiger partial charge is 0.228 e. The quantitative estimate of drug-likeness (QED) is 0.444. The van der Waals surface area contributed by atoms with Crippen molar-refractivity contribution in [1.82, 2.24) is 10.2 Å². The van der Waals surface area contributed by atoms with E-state index in [1.54, 1.807) is 0 Å². The van der Waals surface area contributed by atoms with Crippen LogP contribution in [0.5, 0.6) is 5.75 Å². The maximum absolute atomic E-state index is 13.6. The summed E-state index contributed by atoms with van der Waals surface area (Å²) in [4.78, 5) is 45.5. The van der Waals surface area contributed by atoms with Gasteiger partial charge in [-0.25, -0.2) is 12.8 Å². The second-order valence-electron chi connectivity index (χ2n) is 8.53. The van der Waals surface area contributed by atoms with Crippen LogP contribution in [0.15, 0.2) is 40.1 Å². The van der Waals surface area contributed by atoms with Crippen molar-refractivity contribution in [2.45, 2.75) is 34.8 Å². The number of ketones is 2. The van der Waals surface area contributed by atoms with Gasteiger partial charge in [-0.05, 0) is 36.4 Å². The number of halogens is 2. The number of β-lactam (4-membered cyclic amide) rings is 1. The van der Waals surface area contributed by atoms with Gasteiger partial charge in [0.2, 0.25) is 32.3 Å². The van der Waals surface area contributed by atoms with Crippen molar-refractivity contribution in [3.05, 3.63) is 51.6 Å². The third-order valence-electron chi connectivity index (χ3n) is 6.24. The van der Waals surface area contributed by atoms with Crippen LogP contribution in [0.1, 0.15) is 31.2 Å². The molecule has 0 radical (unpaired) electrons. The van der Waals surface area contributed by atoms with Gasteiger partial charge in [-0.1, -0.05) is 11.6 Å². The molecule has 2 amide bonds.